The number of aliphatic imine (C=N–C) groups is 1. The third kappa shape index (κ3) is 1.86. The van der Waals surface area contributed by atoms with Crippen molar-refractivity contribution in [1.82, 2.24) is 0 Å². The topological polar surface area (TPSA) is 72.5 Å². The molecule has 0 saturated carbocycles. The number of primary sulfonamides is 1. The zero-order valence-corrected chi connectivity index (χ0v) is 7.17. The summed E-state index contributed by atoms with van der Waals surface area (Å²) in [7, 11) is -0.0394. The number of hydrogen-bond acceptors (Lipinski definition) is 3. The van der Waals surface area contributed by atoms with Gasteiger partial charge in [0.25, 0.3) is 10.0 Å². The highest BCUT2D eigenvalue weighted by atomic mass is 32.2. The van der Waals surface area contributed by atoms with Gasteiger partial charge >= 0.3 is 0 Å². The molecule has 0 bridgehead atoms. The summed E-state index contributed by atoms with van der Waals surface area (Å²) < 4.78 is 21.7. The Labute approximate surface area is 65.5 Å². The van der Waals surface area contributed by atoms with Crippen molar-refractivity contribution in [1.29, 1.82) is 0 Å². The Hall–Kier alpha value is -0.720. The first-order valence-electron chi connectivity index (χ1n) is 2.95. The molecule has 0 amide bonds. The molecule has 2 N–H and O–H groups in total. The lowest BCUT2D eigenvalue weighted by Gasteiger charge is -2.12. The lowest BCUT2D eigenvalue weighted by atomic mass is 10.7. The molecule has 62 valence electrons. The molecule has 0 atom stereocenters. The van der Waals surface area contributed by atoms with Gasteiger partial charge in [0, 0.05) is 0 Å². The second-order valence-corrected chi connectivity index (χ2v) is 4.39. The lowest BCUT2D eigenvalue weighted by Crippen LogP contribution is -2.28. The van der Waals surface area contributed by atoms with Gasteiger partial charge in [0.1, 0.15) is 6.20 Å². The maximum absolute atomic E-state index is 10.7. The van der Waals surface area contributed by atoms with Crippen LogP contribution in [-0.4, -0.2) is 33.3 Å². The van der Waals surface area contributed by atoms with Crippen LogP contribution in [0, 0.1) is 0 Å². The molecule has 0 radical (unpaired) electrons. The van der Waals surface area contributed by atoms with E-state index in [1.807, 2.05) is 0 Å². The van der Waals surface area contributed by atoms with Crippen LogP contribution >= 0.6 is 0 Å². The fourth-order valence-corrected chi connectivity index (χ4v) is 1.32. The van der Waals surface area contributed by atoms with Crippen LogP contribution in [0.15, 0.2) is 16.2 Å². The first-order valence-corrected chi connectivity index (χ1v) is 4.50. The van der Waals surface area contributed by atoms with Gasteiger partial charge in [-0.1, -0.05) is 0 Å². The number of nitrogens with zero attached hydrogens (tertiary/aromatic N) is 2. The van der Waals surface area contributed by atoms with Crippen LogP contribution in [0.4, 0.5) is 0 Å². The fraction of sp³-hybridized carbons (Fsp3) is 0.400. The van der Waals surface area contributed by atoms with E-state index >= 15 is 0 Å². The van der Waals surface area contributed by atoms with E-state index in [1.54, 1.807) is 14.1 Å². The molecule has 0 aromatic rings. The molecule has 1 aliphatic heterocycles. The molecule has 0 aliphatic carbocycles. The standard InChI is InChI=1S/C5H10N3O2S/c1-8(2)3-5(7-4-8)11(6,9)10/h3-4H,1-2H3,(H2,6,9,10)/q+1. The van der Waals surface area contributed by atoms with Crippen LogP contribution in [0.1, 0.15) is 0 Å². The highest BCUT2D eigenvalue weighted by Crippen LogP contribution is 2.13. The van der Waals surface area contributed by atoms with E-state index in [0.717, 1.165) is 0 Å². The van der Waals surface area contributed by atoms with Crippen LogP contribution < -0.4 is 5.14 Å². The normalized spacial score (nSPS) is 21.9. The predicted octanol–water partition coefficient (Wildman–Crippen LogP) is -0.808. The Morgan fingerprint density at radius 3 is 2.27 bits per heavy atom. The summed E-state index contributed by atoms with van der Waals surface area (Å²) in [5.74, 6) is 0. The first kappa shape index (κ1) is 8.38. The van der Waals surface area contributed by atoms with E-state index in [9.17, 15) is 8.42 Å². The Morgan fingerprint density at radius 2 is 2.09 bits per heavy atom. The maximum atomic E-state index is 10.7. The summed E-state index contributed by atoms with van der Waals surface area (Å²) in [5, 5.41) is 4.77. The zero-order chi connectivity index (χ0) is 8.70. The van der Waals surface area contributed by atoms with Gasteiger partial charge in [0.2, 0.25) is 5.03 Å². The fourth-order valence-electron chi connectivity index (χ4n) is 0.704. The van der Waals surface area contributed by atoms with E-state index in [1.165, 1.54) is 12.5 Å². The molecule has 0 aromatic carbocycles. The van der Waals surface area contributed by atoms with Crippen LogP contribution in [-0.2, 0) is 10.0 Å². The monoisotopic (exact) mass is 176 g/mol. The molecule has 0 spiro atoms. The van der Waals surface area contributed by atoms with Crippen molar-refractivity contribution in [3.63, 3.8) is 0 Å². The largest absolute Gasteiger partial charge is 0.261 e. The Morgan fingerprint density at radius 1 is 1.55 bits per heavy atom. The predicted molar refractivity (Wildman–Crippen MR) is 41.8 cm³/mol. The Balaban J connectivity index is 3.09. The Bertz CT molecular complexity index is 326. The van der Waals surface area contributed by atoms with Crippen LogP contribution in [0.25, 0.3) is 0 Å². The van der Waals surface area contributed by atoms with Gasteiger partial charge in [-0.15, -0.1) is 0 Å². The van der Waals surface area contributed by atoms with Gasteiger partial charge in [-0.3, -0.25) is 4.48 Å². The molecule has 5 nitrogen and oxygen atoms in total. The highest BCUT2D eigenvalue weighted by molar-refractivity contribution is 7.93. The number of hydrogen-bond donors (Lipinski definition) is 1. The molecule has 0 aromatic heterocycles. The van der Waals surface area contributed by atoms with Crippen molar-refractivity contribution in [3.05, 3.63) is 11.2 Å². The van der Waals surface area contributed by atoms with E-state index in [4.69, 9.17) is 5.14 Å². The van der Waals surface area contributed by atoms with Gasteiger partial charge in [-0.2, -0.15) is 4.99 Å². The van der Waals surface area contributed by atoms with Crippen molar-refractivity contribution >= 4 is 16.4 Å². The van der Waals surface area contributed by atoms with E-state index in [0.29, 0.717) is 4.48 Å². The first-order chi connectivity index (χ1) is 4.81. The number of sulfonamides is 1. The molecule has 11 heavy (non-hydrogen) atoms. The van der Waals surface area contributed by atoms with E-state index in [2.05, 4.69) is 4.99 Å². The average molecular weight is 176 g/mol. The van der Waals surface area contributed by atoms with Crippen LogP contribution in [0.3, 0.4) is 0 Å². The number of rotatable bonds is 1. The third-order valence-electron chi connectivity index (χ3n) is 1.22. The highest BCUT2D eigenvalue weighted by Gasteiger charge is 2.24. The molecule has 1 rings (SSSR count). The van der Waals surface area contributed by atoms with Crippen molar-refractivity contribution < 1.29 is 12.9 Å². The number of quaternary nitrogens is 1. The minimum atomic E-state index is -3.63. The van der Waals surface area contributed by atoms with Gasteiger partial charge in [0.15, 0.2) is 6.34 Å². The molecule has 0 saturated heterocycles. The summed E-state index contributed by atoms with van der Waals surface area (Å²) in [6.45, 7) is 0. The van der Waals surface area contributed by atoms with Crippen LogP contribution in [0.2, 0.25) is 0 Å². The average Bonchev–Trinajstić information content (AvgIpc) is 2.07. The molecule has 0 unspecified atom stereocenters. The molecule has 6 heteroatoms. The smallest absolute Gasteiger partial charge is 0.257 e. The van der Waals surface area contributed by atoms with Gasteiger partial charge in [-0.05, 0) is 0 Å². The minimum absolute atomic E-state index is 0.0671. The summed E-state index contributed by atoms with van der Waals surface area (Å²) in [4.78, 5) is 3.66. The maximum Gasteiger partial charge on any atom is 0.261 e. The van der Waals surface area contributed by atoms with Crippen molar-refractivity contribution in [2.45, 2.75) is 0 Å². The van der Waals surface area contributed by atoms with E-state index < -0.39 is 10.0 Å². The van der Waals surface area contributed by atoms with E-state index in [-0.39, 0.29) is 5.03 Å². The van der Waals surface area contributed by atoms with Crippen molar-refractivity contribution in [2.24, 2.45) is 10.1 Å². The summed E-state index contributed by atoms with van der Waals surface area (Å²) in [6, 6.07) is 0. The Kier molecular flexibility index (Phi) is 1.62. The summed E-state index contributed by atoms with van der Waals surface area (Å²) in [6.07, 6.45) is 2.97. The van der Waals surface area contributed by atoms with Gasteiger partial charge < -0.3 is 0 Å². The molecule has 0 fully saturated rings. The van der Waals surface area contributed by atoms with Crippen LogP contribution in [0.5, 0.6) is 0 Å². The quantitative estimate of drug-likeness (QED) is 0.531. The molecular formula is C5H10N3O2S+. The second-order valence-electron chi connectivity index (χ2n) is 2.89. The third-order valence-corrected chi connectivity index (χ3v) is 2.01. The molecule has 1 heterocycles. The van der Waals surface area contributed by atoms with Gasteiger partial charge in [0.05, 0.1) is 14.1 Å². The van der Waals surface area contributed by atoms with Crippen molar-refractivity contribution in [3.8, 4) is 0 Å². The second kappa shape index (κ2) is 2.13. The summed E-state index contributed by atoms with van der Waals surface area (Å²) in [5.41, 5.74) is 0. The minimum Gasteiger partial charge on any atom is -0.257 e. The van der Waals surface area contributed by atoms with Crippen molar-refractivity contribution in [2.75, 3.05) is 14.1 Å². The molecule has 1 aliphatic rings. The zero-order valence-electron chi connectivity index (χ0n) is 6.35. The van der Waals surface area contributed by atoms with Gasteiger partial charge in [-0.25, -0.2) is 13.6 Å². The summed E-state index contributed by atoms with van der Waals surface area (Å²) >= 11 is 0. The number of nitrogens with two attached hydrogens (primary N) is 1. The molecular weight excluding hydrogens is 166 g/mol. The lowest BCUT2D eigenvalue weighted by molar-refractivity contribution is -0.732. The SMILES string of the molecule is C[N+]1(C)C=NC(S(N)(=O)=O)=C1.